The Morgan fingerprint density at radius 3 is 2.71 bits per heavy atom. The summed E-state index contributed by atoms with van der Waals surface area (Å²) in [6, 6.07) is 12.7. The minimum Gasteiger partial charge on any atom is -0.379 e. The first-order chi connectivity index (χ1) is 13.6. The van der Waals surface area contributed by atoms with Crippen molar-refractivity contribution in [3.05, 3.63) is 70.5 Å². The predicted molar refractivity (Wildman–Crippen MR) is 107 cm³/mol. The molecule has 4 rings (SSSR count). The van der Waals surface area contributed by atoms with Gasteiger partial charge in [-0.05, 0) is 55.0 Å². The molecule has 148 valence electrons. The molecule has 1 aliphatic carbocycles. The monoisotopic (exact) mass is 382 g/mol. The van der Waals surface area contributed by atoms with Crippen LogP contribution in [-0.4, -0.2) is 43.7 Å². The smallest absolute Gasteiger partial charge is 0.251 e. The number of nitrogens with zero attached hydrogens (tertiary/aromatic N) is 1. The normalized spacial score (nSPS) is 18.6. The van der Waals surface area contributed by atoms with E-state index in [4.69, 9.17) is 4.74 Å². The van der Waals surface area contributed by atoms with Crippen LogP contribution < -0.4 is 5.32 Å². The third-order valence-electron chi connectivity index (χ3n) is 5.65. The summed E-state index contributed by atoms with van der Waals surface area (Å²) in [5.74, 6) is 0.219. The van der Waals surface area contributed by atoms with Gasteiger partial charge in [0.05, 0.1) is 19.3 Å². The number of carbonyl (C=O) groups is 1. The van der Waals surface area contributed by atoms with E-state index in [1.807, 2.05) is 19.1 Å². The fraction of sp³-hybridized carbons (Fsp3) is 0.435. The summed E-state index contributed by atoms with van der Waals surface area (Å²) in [5.41, 5.74) is 3.90. The molecule has 4 nitrogen and oxygen atoms in total. The maximum absolute atomic E-state index is 13.8. The van der Waals surface area contributed by atoms with Gasteiger partial charge in [-0.1, -0.05) is 29.8 Å². The van der Waals surface area contributed by atoms with Crippen molar-refractivity contribution in [2.75, 3.05) is 32.8 Å². The molecule has 2 fully saturated rings. The molecular formula is C23H27FN2O2. The minimum absolute atomic E-state index is 0.0414. The van der Waals surface area contributed by atoms with Crippen LogP contribution in [0.25, 0.3) is 0 Å². The Balaban J connectivity index is 1.52. The number of halogens is 1. The summed E-state index contributed by atoms with van der Waals surface area (Å²) in [6.45, 7) is 5.31. The molecule has 0 bridgehead atoms. The zero-order chi connectivity index (χ0) is 19.5. The van der Waals surface area contributed by atoms with Gasteiger partial charge in [0.25, 0.3) is 5.91 Å². The van der Waals surface area contributed by atoms with E-state index in [1.165, 1.54) is 6.07 Å². The highest BCUT2D eigenvalue weighted by Crippen LogP contribution is 2.41. The van der Waals surface area contributed by atoms with Gasteiger partial charge >= 0.3 is 0 Å². The van der Waals surface area contributed by atoms with Crippen LogP contribution in [0.2, 0.25) is 0 Å². The average molecular weight is 382 g/mol. The summed E-state index contributed by atoms with van der Waals surface area (Å²) >= 11 is 0. The minimum atomic E-state index is -0.253. The lowest BCUT2D eigenvalue weighted by Crippen LogP contribution is -2.44. The van der Waals surface area contributed by atoms with Crippen LogP contribution in [0.1, 0.15) is 51.8 Å². The van der Waals surface area contributed by atoms with Crippen molar-refractivity contribution in [1.29, 1.82) is 0 Å². The quantitative estimate of drug-likeness (QED) is 0.826. The van der Waals surface area contributed by atoms with Gasteiger partial charge in [0.15, 0.2) is 0 Å². The SMILES string of the molecule is Cc1ccc(C2CC2)c(C(=O)NCC(c2cccc(F)c2)N2CCOCC2)c1. The summed E-state index contributed by atoms with van der Waals surface area (Å²) in [7, 11) is 0. The van der Waals surface area contributed by atoms with Crippen LogP contribution in [0, 0.1) is 12.7 Å². The van der Waals surface area contributed by atoms with Crippen molar-refractivity contribution in [2.24, 2.45) is 0 Å². The van der Waals surface area contributed by atoms with Crippen LogP contribution in [0.5, 0.6) is 0 Å². The van der Waals surface area contributed by atoms with E-state index in [0.717, 1.165) is 48.2 Å². The molecule has 1 atom stereocenters. The number of benzene rings is 2. The van der Waals surface area contributed by atoms with E-state index in [2.05, 4.69) is 22.3 Å². The van der Waals surface area contributed by atoms with Crippen molar-refractivity contribution in [2.45, 2.75) is 31.7 Å². The van der Waals surface area contributed by atoms with Gasteiger partial charge in [-0.2, -0.15) is 0 Å². The number of nitrogens with one attached hydrogen (secondary N) is 1. The first-order valence-corrected chi connectivity index (χ1v) is 10.1. The standard InChI is InChI=1S/C23H27FN2O2/c1-16-5-8-20(17-6-7-17)21(13-16)23(27)25-15-22(26-9-11-28-12-10-26)18-3-2-4-19(24)14-18/h2-5,8,13-14,17,22H,6-7,9-12,15H2,1H3,(H,25,27). The Morgan fingerprint density at radius 2 is 2.00 bits per heavy atom. The molecule has 0 aromatic heterocycles. The highest BCUT2D eigenvalue weighted by molar-refractivity contribution is 5.96. The number of ether oxygens (including phenoxy) is 1. The maximum Gasteiger partial charge on any atom is 0.251 e. The Morgan fingerprint density at radius 1 is 1.21 bits per heavy atom. The van der Waals surface area contributed by atoms with Crippen LogP contribution in [-0.2, 0) is 4.74 Å². The summed E-state index contributed by atoms with van der Waals surface area (Å²) in [6.07, 6.45) is 2.31. The molecule has 2 aromatic rings. The van der Waals surface area contributed by atoms with Gasteiger partial charge in [-0.3, -0.25) is 9.69 Å². The van der Waals surface area contributed by atoms with Crippen LogP contribution in [0.15, 0.2) is 42.5 Å². The Labute approximate surface area is 165 Å². The van der Waals surface area contributed by atoms with Crippen molar-refractivity contribution >= 4 is 5.91 Å². The molecule has 5 heteroatoms. The third-order valence-corrected chi connectivity index (χ3v) is 5.65. The van der Waals surface area contributed by atoms with Crippen LogP contribution in [0.4, 0.5) is 4.39 Å². The molecule has 28 heavy (non-hydrogen) atoms. The number of hydrogen-bond donors (Lipinski definition) is 1. The molecule has 1 saturated carbocycles. The van der Waals surface area contributed by atoms with Gasteiger partial charge in [0.2, 0.25) is 0 Å². The first kappa shape index (κ1) is 19.1. The van der Waals surface area contributed by atoms with Gasteiger partial charge in [-0.25, -0.2) is 4.39 Å². The molecule has 1 saturated heterocycles. The number of morpholine rings is 1. The Kier molecular flexibility index (Phi) is 5.74. The van der Waals surface area contributed by atoms with E-state index >= 15 is 0 Å². The van der Waals surface area contributed by atoms with E-state index < -0.39 is 0 Å². The molecule has 0 spiro atoms. The second kappa shape index (κ2) is 8.41. The molecule has 2 aromatic carbocycles. The molecule has 1 amide bonds. The second-order valence-electron chi connectivity index (χ2n) is 7.79. The van der Waals surface area contributed by atoms with Gasteiger partial charge in [0.1, 0.15) is 5.82 Å². The molecular weight excluding hydrogens is 355 g/mol. The number of rotatable bonds is 6. The Hall–Kier alpha value is -2.24. The first-order valence-electron chi connectivity index (χ1n) is 10.1. The van der Waals surface area contributed by atoms with Crippen molar-refractivity contribution in [1.82, 2.24) is 10.2 Å². The predicted octanol–water partition coefficient (Wildman–Crippen LogP) is 3.81. The van der Waals surface area contributed by atoms with Crippen molar-refractivity contribution in [3.8, 4) is 0 Å². The molecule has 0 radical (unpaired) electrons. The molecule has 1 N–H and O–H groups in total. The van der Waals surface area contributed by atoms with Gasteiger partial charge < -0.3 is 10.1 Å². The zero-order valence-electron chi connectivity index (χ0n) is 16.3. The van der Waals surface area contributed by atoms with Gasteiger partial charge in [0, 0.05) is 25.2 Å². The number of hydrogen-bond acceptors (Lipinski definition) is 3. The zero-order valence-corrected chi connectivity index (χ0v) is 16.3. The number of carbonyl (C=O) groups excluding carboxylic acids is 1. The molecule has 2 aliphatic rings. The van der Waals surface area contributed by atoms with E-state index in [1.54, 1.807) is 12.1 Å². The van der Waals surface area contributed by atoms with Crippen molar-refractivity contribution in [3.63, 3.8) is 0 Å². The highest BCUT2D eigenvalue weighted by Gasteiger charge is 2.29. The molecule has 1 unspecified atom stereocenters. The maximum atomic E-state index is 13.8. The van der Waals surface area contributed by atoms with Gasteiger partial charge in [-0.15, -0.1) is 0 Å². The fourth-order valence-electron chi connectivity index (χ4n) is 3.96. The van der Waals surface area contributed by atoms with E-state index in [9.17, 15) is 9.18 Å². The largest absolute Gasteiger partial charge is 0.379 e. The molecule has 1 heterocycles. The van der Waals surface area contributed by atoms with Crippen LogP contribution in [0.3, 0.4) is 0 Å². The van der Waals surface area contributed by atoms with E-state index in [-0.39, 0.29) is 17.8 Å². The average Bonchev–Trinajstić information content (AvgIpc) is 3.54. The third kappa shape index (κ3) is 4.42. The molecule has 1 aliphatic heterocycles. The van der Waals surface area contributed by atoms with Crippen molar-refractivity contribution < 1.29 is 13.9 Å². The fourth-order valence-corrected chi connectivity index (χ4v) is 3.96. The summed E-state index contributed by atoms with van der Waals surface area (Å²) < 4.78 is 19.3. The lowest BCUT2D eigenvalue weighted by molar-refractivity contribution is 0.0162. The van der Waals surface area contributed by atoms with Crippen LogP contribution >= 0.6 is 0 Å². The number of aryl methyl sites for hydroxylation is 1. The lowest BCUT2D eigenvalue weighted by atomic mass is 9.99. The summed E-state index contributed by atoms with van der Waals surface area (Å²) in [5, 5.41) is 3.12. The summed E-state index contributed by atoms with van der Waals surface area (Å²) in [4.78, 5) is 15.3. The second-order valence-corrected chi connectivity index (χ2v) is 7.79. The highest BCUT2D eigenvalue weighted by atomic mass is 19.1. The Bertz CT molecular complexity index is 844. The number of amides is 1. The van der Waals surface area contributed by atoms with E-state index in [0.29, 0.717) is 25.7 Å². The lowest BCUT2D eigenvalue weighted by Gasteiger charge is -2.35. The topological polar surface area (TPSA) is 41.6 Å².